The molecule has 11 heteroatoms. The number of nitrogens with two attached hydrogens (primary N) is 1. The first kappa shape index (κ1) is 26.0. The van der Waals surface area contributed by atoms with E-state index in [-0.39, 0.29) is 6.04 Å². The van der Waals surface area contributed by atoms with Gasteiger partial charge in [-0.25, -0.2) is 4.39 Å². The fourth-order valence-corrected chi connectivity index (χ4v) is 4.92. The van der Waals surface area contributed by atoms with Gasteiger partial charge in [0.2, 0.25) is 0 Å². The Kier molecular flexibility index (Phi) is 7.60. The lowest BCUT2D eigenvalue weighted by atomic mass is 9.90. The molecular weight excluding hydrogens is 501 g/mol. The summed E-state index contributed by atoms with van der Waals surface area (Å²) in [6.07, 6.45) is 6.64. The minimum absolute atomic E-state index is 0.100. The number of rotatable bonds is 6. The summed E-state index contributed by atoms with van der Waals surface area (Å²) in [5, 5.41) is 6.58. The monoisotopic (exact) mass is 531 g/mol. The number of ether oxygens (including phenoxy) is 1. The standard InChI is InChI=1S/C28H30FN7O3/c1-2-26(37)32-33-27(38)16-19-8-10-20(11-9-19)35-18-34(28(30)25-14-15-31-36(25)35)24-13-12-22(17-23(24)29)39-21-6-4-3-5-7-21/h2-7,12-17,20,28H,1,8-11,18,30H2,(H,32,37)(H,33,38). The molecule has 0 bridgehead atoms. The van der Waals surface area contributed by atoms with Gasteiger partial charge in [0.05, 0.1) is 17.6 Å². The smallest absolute Gasteiger partial charge is 0.262 e. The molecule has 1 aromatic heterocycles. The maximum absolute atomic E-state index is 15.4. The average molecular weight is 532 g/mol. The molecule has 2 heterocycles. The van der Waals surface area contributed by atoms with Gasteiger partial charge in [0.1, 0.15) is 30.2 Å². The van der Waals surface area contributed by atoms with Gasteiger partial charge in [-0.1, -0.05) is 30.4 Å². The van der Waals surface area contributed by atoms with E-state index in [1.165, 1.54) is 12.1 Å². The van der Waals surface area contributed by atoms with Crippen LogP contribution in [0.1, 0.15) is 37.5 Å². The van der Waals surface area contributed by atoms with Crippen LogP contribution in [0.15, 0.2) is 85.1 Å². The molecule has 0 spiro atoms. The number of hydrogen-bond acceptors (Lipinski definition) is 7. The molecule has 1 atom stereocenters. The van der Waals surface area contributed by atoms with Gasteiger partial charge in [-0.05, 0) is 62.1 Å². The Morgan fingerprint density at radius 2 is 1.79 bits per heavy atom. The number of halogens is 1. The molecule has 1 aliphatic heterocycles. The van der Waals surface area contributed by atoms with Crippen LogP contribution in [0.25, 0.3) is 0 Å². The van der Waals surface area contributed by atoms with Crippen molar-refractivity contribution in [1.29, 1.82) is 0 Å². The summed E-state index contributed by atoms with van der Waals surface area (Å²) in [5.41, 5.74) is 13.3. The van der Waals surface area contributed by atoms with Gasteiger partial charge in [0, 0.05) is 18.2 Å². The average Bonchev–Trinajstić information content (AvgIpc) is 3.44. The Balaban J connectivity index is 1.29. The van der Waals surface area contributed by atoms with Crippen molar-refractivity contribution >= 4 is 17.5 Å². The number of fused-ring (bicyclic) bond motifs is 1. The lowest BCUT2D eigenvalue weighted by Gasteiger charge is -2.46. The molecule has 0 saturated heterocycles. The maximum Gasteiger partial charge on any atom is 0.262 e. The molecule has 2 aliphatic rings. The molecule has 0 radical (unpaired) electrons. The number of para-hydroxylation sites is 1. The minimum atomic E-state index is -0.590. The number of hydrazine groups is 1. The van der Waals surface area contributed by atoms with E-state index in [0.717, 1.165) is 30.2 Å². The summed E-state index contributed by atoms with van der Waals surface area (Å²) >= 11 is 0. The van der Waals surface area contributed by atoms with Crippen LogP contribution in [0.3, 0.4) is 0 Å². The predicted molar refractivity (Wildman–Crippen MR) is 144 cm³/mol. The third kappa shape index (κ3) is 5.78. The SMILES string of the molecule is C=CC(=O)NNC(=O)C=C1CCC(N2CN(c3ccc(Oc4ccccc4)cc3F)C(N)c3ccnn32)CC1. The van der Waals surface area contributed by atoms with E-state index < -0.39 is 23.8 Å². The Morgan fingerprint density at radius 1 is 1.05 bits per heavy atom. The second-order valence-corrected chi connectivity index (χ2v) is 9.39. The van der Waals surface area contributed by atoms with Crippen molar-refractivity contribution in [2.75, 3.05) is 16.6 Å². The topological polar surface area (TPSA) is 118 Å². The van der Waals surface area contributed by atoms with E-state index in [4.69, 9.17) is 10.5 Å². The van der Waals surface area contributed by atoms with Crippen LogP contribution >= 0.6 is 0 Å². The van der Waals surface area contributed by atoms with Crippen LogP contribution in [0.2, 0.25) is 0 Å². The van der Waals surface area contributed by atoms with Crippen LogP contribution in [-0.2, 0) is 9.59 Å². The molecule has 10 nitrogen and oxygen atoms in total. The molecule has 1 aliphatic carbocycles. The highest BCUT2D eigenvalue weighted by molar-refractivity contribution is 5.92. The number of amides is 2. The second-order valence-electron chi connectivity index (χ2n) is 9.39. The minimum Gasteiger partial charge on any atom is -0.457 e. The van der Waals surface area contributed by atoms with Crippen LogP contribution in [0.5, 0.6) is 11.5 Å². The number of carbonyl (C=O) groups is 2. The third-order valence-electron chi connectivity index (χ3n) is 6.89. The van der Waals surface area contributed by atoms with Crippen LogP contribution < -0.4 is 31.2 Å². The first-order chi connectivity index (χ1) is 18.9. The van der Waals surface area contributed by atoms with E-state index in [1.54, 1.807) is 18.3 Å². The summed E-state index contributed by atoms with van der Waals surface area (Å²) < 4.78 is 21.2. The number of hydrogen-bond donors (Lipinski definition) is 3. The number of nitrogens with one attached hydrogen (secondary N) is 2. The van der Waals surface area contributed by atoms with Gasteiger partial charge >= 0.3 is 0 Å². The Bertz CT molecular complexity index is 1380. The van der Waals surface area contributed by atoms with Gasteiger partial charge in [-0.2, -0.15) is 9.89 Å². The molecule has 39 heavy (non-hydrogen) atoms. The number of allylic oxidation sites excluding steroid dienone is 1. The zero-order chi connectivity index (χ0) is 27.4. The Labute approximate surface area is 225 Å². The fraction of sp³-hybridized carbons (Fsp3) is 0.250. The molecule has 2 amide bonds. The zero-order valence-electron chi connectivity index (χ0n) is 21.3. The molecule has 202 valence electrons. The van der Waals surface area contributed by atoms with Gasteiger partial charge in [-0.15, -0.1) is 0 Å². The molecule has 3 aromatic rings. The zero-order valence-corrected chi connectivity index (χ0v) is 21.3. The molecule has 5 rings (SSSR count). The third-order valence-corrected chi connectivity index (χ3v) is 6.89. The highest BCUT2D eigenvalue weighted by Crippen LogP contribution is 2.35. The van der Waals surface area contributed by atoms with E-state index in [0.29, 0.717) is 36.7 Å². The summed E-state index contributed by atoms with van der Waals surface area (Å²) in [4.78, 5) is 27.0. The van der Waals surface area contributed by atoms with Gasteiger partial charge in [0.15, 0.2) is 0 Å². The maximum atomic E-state index is 15.4. The van der Waals surface area contributed by atoms with E-state index in [2.05, 4.69) is 27.5 Å². The highest BCUT2D eigenvalue weighted by Gasteiger charge is 2.35. The molecule has 1 unspecified atom stereocenters. The number of benzene rings is 2. The quantitative estimate of drug-likeness (QED) is 0.330. The first-order valence-corrected chi connectivity index (χ1v) is 12.7. The first-order valence-electron chi connectivity index (χ1n) is 12.7. The second kappa shape index (κ2) is 11.4. The number of nitrogens with zero attached hydrogens (tertiary/aromatic N) is 4. The molecule has 4 N–H and O–H groups in total. The van der Waals surface area contributed by atoms with Crippen LogP contribution in [-0.4, -0.2) is 34.4 Å². The van der Waals surface area contributed by atoms with Crippen LogP contribution in [0, 0.1) is 5.82 Å². The van der Waals surface area contributed by atoms with Crippen LogP contribution in [0.4, 0.5) is 10.1 Å². The van der Waals surface area contributed by atoms with Crippen molar-refractivity contribution < 1.29 is 18.7 Å². The lowest BCUT2D eigenvalue weighted by molar-refractivity contribution is -0.123. The molecule has 1 fully saturated rings. The lowest BCUT2D eigenvalue weighted by Crippen LogP contribution is -2.58. The fourth-order valence-electron chi connectivity index (χ4n) is 4.92. The van der Waals surface area contributed by atoms with Crippen molar-refractivity contribution in [3.05, 3.63) is 96.6 Å². The van der Waals surface area contributed by atoms with Gasteiger partial charge < -0.3 is 15.4 Å². The van der Waals surface area contributed by atoms with E-state index in [9.17, 15) is 9.59 Å². The van der Waals surface area contributed by atoms with Crippen molar-refractivity contribution in [1.82, 2.24) is 20.7 Å². The van der Waals surface area contributed by atoms with Crippen molar-refractivity contribution in [3.8, 4) is 11.5 Å². The van der Waals surface area contributed by atoms with E-state index in [1.807, 2.05) is 46.1 Å². The van der Waals surface area contributed by atoms with Crippen molar-refractivity contribution in [2.45, 2.75) is 37.9 Å². The van der Waals surface area contributed by atoms with Crippen molar-refractivity contribution in [2.24, 2.45) is 5.73 Å². The van der Waals surface area contributed by atoms with Gasteiger partial charge in [-0.3, -0.25) is 25.4 Å². The highest BCUT2D eigenvalue weighted by atomic mass is 19.1. The summed E-state index contributed by atoms with van der Waals surface area (Å²) in [7, 11) is 0. The molecule has 2 aromatic carbocycles. The molecular formula is C28H30FN7O3. The number of aromatic nitrogens is 2. The summed E-state index contributed by atoms with van der Waals surface area (Å²) in [5.74, 6) is -0.287. The molecule has 1 saturated carbocycles. The largest absolute Gasteiger partial charge is 0.457 e. The van der Waals surface area contributed by atoms with E-state index >= 15 is 4.39 Å². The summed E-state index contributed by atoms with van der Waals surface area (Å²) in [6.45, 7) is 3.68. The van der Waals surface area contributed by atoms with Crippen molar-refractivity contribution in [3.63, 3.8) is 0 Å². The number of anilines is 1. The Morgan fingerprint density at radius 3 is 2.51 bits per heavy atom. The normalized spacial score (nSPS) is 18.7. The predicted octanol–water partition coefficient (Wildman–Crippen LogP) is 3.39. The summed E-state index contributed by atoms with van der Waals surface area (Å²) in [6, 6.07) is 15.9. The Hall–Kier alpha value is -4.64. The number of carbonyl (C=O) groups excluding carboxylic acids is 2. The van der Waals surface area contributed by atoms with Gasteiger partial charge in [0.25, 0.3) is 11.8 Å².